The van der Waals surface area contributed by atoms with Crippen LogP contribution in [-0.4, -0.2) is 80.6 Å². The van der Waals surface area contributed by atoms with Crippen molar-refractivity contribution in [2.45, 2.75) is 58.4 Å². The average molecular weight is 506 g/mol. The number of hydrogen-bond acceptors (Lipinski definition) is 7. The van der Waals surface area contributed by atoms with Gasteiger partial charge in [-0.1, -0.05) is 11.6 Å². The summed E-state index contributed by atoms with van der Waals surface area (Å²) in [5, 5.41) is 0.896. The summed E-state index contributed by atoms with van der Waals surface area (Å²) in [6.07, 6.45) is 7.35. The van der Waals surface area contributed by atoms with Crippen molar-refractivity contribution in [3.8, 4) is 0 Å². The summed E-state index contributed by atoms with van der Waals surface area (Å²) in [6, 6.07) is 5.69. The zero-order chi connectivity index (χ0) is 25.4. The molecule has 0 bridgehead atoms. The minimum Gasteiger partial charge on any atom is -0.464 e. The molecule has 194 valence electrons. The molecule has 1 saturated heterocycles. The highest BCUT2D eigenvalue weighted by Gasteiger charge is 2.48. The first-order chi connectivity index (χ1) is 16.4. The lowest BCUT2D eigenvalue weighted by molar-refractivity contribution is -0.158. The Labute approximate surface area is 209 Å². The SMILES string of the molecule is Cc1ccc2c(c1)c(CCN(C)C)cn2S(=O)(=O)OCC(C)(C)C(=O)OCCN1CCC12CCC2. The number of likely N-dealkylation sites (N-methyl/N-ethyl adjacent to an activating group) is 1. The maximum Gasteiger partial charge on any atom is 0.366 e. The highest BCUT2D eigenvalue weighted by molar-refractivity contribution is 7.85. The molecule has 0 N–H and O–H groups in total. The van der Waals surface area contributed by atoms with Crippen LogP contribution in [0.1, 0.15) is 50.7 Å². The summed E-state index contributed by atoms with van der Waals surface area (Å²) in [5.41, 5.74) is 1.85. The van der Waals surface area contributed by atoms with Crippen molar-refractivity contribution >= 4 is 27.2 Å². The number of carbonyl (C=O) groups is 1. The number of hydrogen-bond donors (Lipinski definition) is 0. The summed E-state index contributed by atoms with van der Waals surface area (Å²) < 4.78 is 38.5. The fourth-order valence-electron chi connectivity index (χ4n) is 4.98. The van der Waals surface area contributed by atoms with E-state index in [-0.39, 0.29) is 6.61 Å². The molecule has 35 heavy (non-hydrogen) atoms. The zero-order valence-electron chi connectivity index (χ0n) is 21.7. The molecule has 2 aliphatic rings. The van der Waals surface area contributed by atoms with Crippen molar-refractivity contribution in [1.29, 1.82) is 0 Å². The molecule has 1 aliphatic heterocycles. The normalized spacial score (nSPS) is 18.1. The van der Waals surface area contributed by atoms with E-state index in [1.54, 1.807) is 26.1 Å². The number of likely N-dealkylation sites (tertiary alicyclic amines) is 1. The Morgan fingerprint density at radius 1 is 1.20 bits per heavy atom. The van der Waals surface area contributed by atoms with Gasteiger partial charge in [0.1, 0.15) is 6.61 Å². The fraction of sp³-hybridized carbons (Fsp3) is 0.654. The van der Waals surface area contributed by atoms with Crippen molar-refractivity contribution in [3.63, 3.8) is 0 Å². The van der Waals surface area contributed by atoms with E-state index in [2.05, 4.69) is 9.80 Å². The molecule has 2 fully saturated rings. The van der Waals surface area contributed by atoms with Gasteiger partial charge < -0.3 is 9.64 Å². The lowest BCUT2D eigenvalue weighted by Crippen LogP contribution is -2.64. The van der Waals surface area contributed by atoms with Crippen LogP contribution in [0.15, 0.2) is 24.4 Å². The number of aryl methyl sites for hydroxylation is 1. The monoisotopic (exact) mass is 505 g/mol. The van der Waals surface area contributed by atoms with Gasteiger partial charge >= 0.3 is 16.3 Å². The number of fused-ring (bicyclic) bond motifs is 1. The first-order valence-corrected chi connectivity index (χ1v) is 13.9. The predicted molar refractivity (Wildman–Crippen MR) is 137 cm³/mol. The Bertz CT molecular complexity index is 1180. The third-order valence-corrected chi connectivity index (χ3v) is 8.80. The van der Waals surface area contributed by atoms with E-state index in [1.807, 2.05) is 33.2 Å². The summed E-state index contributed by atoms with van der Waals surface area (Å²) >= 11 is 0. The van der Waals surface area contributed by atoms with Crippen molar-refractivity contribution in [3.05, 3.63) is 35.5 Å². The average Bonchev–Trinajstić information content (AvgIpc) is 3.10. The van der Waals surface area contributed by atoms with Crippen LogP contribution in [0, 0.1) is 12.3 Å². The summed E-state index contributed by atoms with van der Waals surface area (Å²) in [5.74, 6) is -0.449. The van der Waals surface area contributed by atoms with Crippen LogP contribution in [0.4, 0.5) is 0 Å². The van der Waals surface area contributed by atoms with E-state index >= 15 is 0 Å². The molecule has 1 aliphatic carbocycles. The molecule has 9 heteroatoms. The first kappa shape index (κ1) is 26.1. The third kappa shape index (κ3) is 5.43. The molecule has 0 amide bonds. The van der Waals surface area contributed by atoms with Crippen LogP contribution in [-0.2, 0) is 30.4 Å². The number of ether oxygens (including phenoxy) is 1. The van der Waals surface area contributed by atoms with E-state index < -0.39 is 21.7 Å². The van der Waals surface area contributed by atoms with Gasteiger partial charge in [-0.3, -0.25) is 13.9 Å². The Morgan fingerprint density at radius 2 is 1.94 bits per heavy atom. The molecule has 0 unspecified atom stereocenters. The van der Waals surface area contributed by atoms with Crippen molar-refractivity contribution in [1.82, 2.24) is 13.8 Å². The summed E-state index contributed by atoms with van der Waals surface area (Å²) in [4.78, 5) is 17.2. The molecule has 8 nitrogen and oxygen atoms in total. The molecule has 1 spiro atoms. The minimum atomic E-state index is -4.14. The number of rotatable bonds is 11. The quantitative estimate of drug-likeness (QED) is 0.433. The van der Waals surface area contributed by atoms with Gasteiger partial charge in [-0.25, -0.2) is 3.97 Å². The van der Waals surface area contributed by atoms with Crippen LogP contribution in [0.2, 0.25) is 0 Å². The van der Waals surface area contributed by atoms with Crippen LogP contribution in [0.3, 0.4) is 0 Å². The number of nitrogens with zero attached hydrogens (tertiary/aromatic N) is 3. The zero-order valence-corrected chi connectivity index (χ0v) is 22.5. The van der Waals surface area contributed by atoms with Crippen molar-refractivity contribution in [2.75, 3.05) is 46.9 Å². The topological polar surface area (TPSA) is 81.1 Å². The maximum atomic E-state index is 13.2. The van der Waals surface area contributed by atoms with Gasteiger partial charge in [0.25, 0.3) is 0 Å². The second-order valence-electron chi connectivity index (χ2n) is 11.1. The Morgan fingerprint density at radius 3 is 2.54 bits per heavy atom. The molecule has 2 heterocycles. The standard InChI is InChI=1S/C26H39N3O5S/c1-20-7-8-23-22(17-20)21(9-13-27(4)5)18-29(23)35(31,32)34-19-25(2,3)24(30)33-16-15-28-14-12-26(28)10-6-11-26/h7-8,17-18H,6,9-16,19H2,1-5H3. The summed E-state index contributed by atoms with van der Waals surface area (Å²) in [7, 11) is -0.164. The lowest BCUT2D eigenvalue weighted by Gasteiger charge is -2.58. The second kappa shape index (κ2) is 9.84. The number of esters is 1. The fourth-order valence-corrected chi connectivity index (χ4v) is 6.19. The van der Waals surface area contributed by atoms with Crippen LogP contribution < -0.4 is 0 Å². The Hall–Kier alpha value is -1.94. The van der Waals surface area contributed by atoms with Crippen molar-refractivity contribution < 1.29 is 22.1 Å². The van der Waals surface area contributed by atoms with Gasteiger partial charge in [0.15, 0.2) is 0 Å². The van der Waals surface area contributed by atoms with E-state index in [0.717, 1.165) is 36.1 Å². The Balaban J connectivity index is 1.39. The number of aromatic nitrogens is 1. The van der Waals surface area contributed by atoms with Crippen LogP contribution >= 0.6 is 0 Å². The van der Waals surface area contributed by atoms with E-state index in [0.29, 0.717) is 24.1 Å². The maximum absolute atomic E-state index is 13.2. The van der Waals surface area contributed by atoms with Crippen LogP contribution in [0.5, 0.6) is 0 Å². The molecule has 0 atom stereocenters. The number of benzene rings is 1. The van der Waals surface area contributed by atoms with Gasteiger partial charge in [0.2, 0.25) is 0 Å². The van der Waals surface area contributed by atoms with Gasteiger partial charge in [-0.2, -0.15) is 8.42 Å². The molecule has 2 aromatic rings. The largest absolute Gasteiger partial charge is 0.464 e. The molecular formula is C26H39N3O5S. The predicted octanol–water partition coefficient (Wildman–Crippen LogP) is 3.36. The molecule has 4 rings (SSSR count). The molecule has 1 saturated carbocycles. The van der Waals surface area contributed by atoms with E-state index in [9.17, 15) is 13.2 Å². The second-order valence-corrected chi connectivity index (χ2v) is 12.6. The van der Waals surface area contributed by atoms with Gasteiger partial charge in [-0.05, 0) is 84.7 Å². The van der Waals surface area contributed by atoms with E-state index in [1.165, 1.54) is 29.7 Å². The molecule has 1 aromatic carbocycles. The van der Waals surface area contributed by atoms with Gasteiger partial charge in [0.05, 0.1) is 17.5 Å². The van der Waals surface area contributed by atoms with Gasteiger partial charge in [0, 0.05) is 36.8 Å². The lowest BCUT2D eigenvalue weighted by atomic mass is 9.68. The first-order valence-electron chi connectivity index (χ1n) is 12.5. The number of carbonyl (C=O) groups excluding carboxylic acids is 1. The molecule has 0 radical (unpaired) electrons. The highest BCUT2D eigenvalue weighted by atomic mass is 32.2. The van der Waals surface area contributed by atoms with E-state index in [4.69, 9.17) is 8.92 Å². The highest BCUT2D eigenvalue weighted by Crippen LogP contribution is 2.46. The third-order valence-electron chi connectivity index (χ3n) is 7.60. The molecule has 1 aromatic heterocycles. The summed E-state index contributed by atoms with van der Waals surface area (Å²) in [6.45, 7) is 7.90. The van der Waals surface area contributed by atoms with Crippen molar-refractivity contribution in [2.24, 2.45) is 5.41 Å². The molecular weight excluding hydrogens is 466 g/mol. The Kier molecular flexibility index (Phi) is 7.35. The smallest absolute Gasteiger partial charge is 0.366 e. The van der Waals surface area contributed by atoms with Crippen LogP contribution in [0.25, 0.3) is 10.9 Å². The van der Waals surface area contributed by atoms with Gasteiger partial charge in [-0.15, -0.1) is 0 Å². The minimum absolute atomic E-state index is 0.291.